The van der Waals surface area contributed by atoms with E-state index in [1.54, 1.807) is 19.1 Å². The highest BCUT2D eigenvalue weighted by Gasteiger charge is 2.24. The summed E-state index contributed by atoms with van der Waals surface area (Å²) in [6.45, 7) is 1.75. The van der Waals surface area contributed by atoms with Crippen LogP contribution in [0.3, 0.4) is 0 Å². The molecule has 0 spiro atoms. The van der Waals surface area contributed by atoms with Crippen LogP contribution in [0, 0.1) is 5.82 Å². The second-order valence-corrected chi connectivity index (χ2v) is 8.99. The molecule has 0 aliphatic heterocycles. The van der Waals surface area contributed by atoms with E-state index in [-0.39, 0.29) is 12.2 Å². The van der Waals surface area contributed by atoms with E-state index in [9.17, 15) is 17.6 Å². The number of ketones is 1. The molecule has 0 radical (unpaired) electrons. The minimum atomic E-state index is -3.48. The molecule has 8 heteroatoms. The van der Waals surface area contributed by atoms with Crippen LogP contribution in [0.5, 0.6) is 0 Å². The molecular weight excluding hydrogens is 437 g/mol. The van der Waals surface area contributed by atoms with Crippen LogP contribution in [-0.2, 0) is 10.0 Å². The zero-order valence-electron chi connectivity index (χ0n) is 14.9. The fourth-order valence-electron chi connectivity index (χ4n) is 2.78. The number of fused-ring (bicyclic) bond motifs is 1. The van der Waals surface area contributed by atoms with Gasteiger partial charge in [0.1, 0.15) is 17.2 Å². The first kappa shape index (κ1) is 19.6. The summed E-state index contributed by atoms with van der Waals surface area (Å²) >= 11 is 3.38. The molecule has 0 saturated heterocycles. The van der Waals surface area contributed by atoms with Gasteiger partial charge in [-0.15, -0.1) is 0 Å². The van der Waals surface area contributed by atoms with Gasteiger partial charge >= 0.3 is 0 Å². The Hall–Kier alpha value is -2.19. The van der Waals surface area contributed by atoms with Crippen molar-refractivity contribution in [3.05, 3.63) is 52.3 Å². The molecule has 1 aromatic heterocycles. The molecular formula is C19H17BrFNO4S. The lowest BCUT2D eigenvalue weighted by Gasteiger charge is -2.18. The number of benzene rings is 2. The zero-order chi connectivity index (χ0) is 19.9. The SMILES string of the molecule is CCC(=O)c1c(-c2ccc(F)cc2)oc2cc(N(C)S(C)(=O)=O)c(Br)cc12. The number of sulfonamides is 1. The van der Waals surface area contributed by atoms with Gasteiger partial charge in [0.2, 0.25) is 10.0 Å². The van der Waals surface area contributed by atoms with Gasteiger partial charge in [-0.2, -0.15) is 0 Å². The van der Waals surface area contributed by atoms with Gasteiger partial charge in [-0.25, -0.2) is 12.8 Å². The fraction of sp³-hybridized carbons (Fsp3) is 0.211. The van der Waals surface area contributed by atoms with E-state index in [0.717, 1.165) is 10.6 Å². The van der Waals surface area contributed by atoms with Crippen LogP contribution in [0.4, 0.5) is 10.1 Å². The number of furan rings is 1. The van der Waals surface area contributed by atoms with Crippen LogP contribution >= 0.6 is 15.9 Å². The predicted molar refractivity (Wildman–Crippen MR) is 107 cm³/mol. The third kappa shape index (κ3) is 3.64. The Morgan fingerprint density at radius 3 is 2.41 bits per heavy atom. The van der Waals surface area contributed by atoms with Crippen molar-refractivity contribution in [2.75, 3.05) is 17.6 Å². The van der Waals surface area contributed by atoms with Crippen LogP contribution in [0.2, 0.25) is 0 Å². The molecule has 0 amide bonds. The Bertz CT molecular complexity index is 1140. The molecule has 2 aromatic carbocycles. The van der Waals surface area contributed by atoms with Gasteiger partial charge in [-0.05, 0) is 46.3 Å². The Labute approximate surface area is 165 Å². The molecule has 0 atom stereocenters. The topological polar surface area (TPSA) is 67.6 Å². The smallest absolute Gasteiger partial charge is 0.232 e. The summed E-state index contributed by atoms with van der Waals surface area (Å²) in [6, 6.07) is 8.91. The maximum absolute atomic E-state index is 13.3. The van der Waals surface area contributed by atoms with E-state index >= 15 is 0 Å². The Balaban J connectivity index is 2.30. The Kier molecular flexibility index (Phi) is 5.14. The van der Waals surface area contributed by atoms with Crippen molar-refractivity contribution < 1.29 is 22.0 Å². The number of nitrogens with zero attached hydrogens (tertiary/aromatic N) is 1. The number of halogens is 2. The molecule has 27 heavy (non-hydrogen) atoms. The molecule has 3 rings (SSSR count). The number of anilines is 1. The second kappa shape index (κ2) is 7.09. The molecule has 0 N–H and O–H groups in total. The summed E-state index contributed by atoms with van der Waals surface area (Å²) in [5.74, 6) is -0.176. The second-order valence-electron chi connectivity index (χ2n) is 6.12. The van der Waals surface area contributed by atoms with Crippen LogP contribution < -0.4 is 4.31 Å². The minimum Gasteiger partial charge on any atom is -0.455 e. The average molecular weight is 454 g/mol. The molecule has 0 unspecified atom stereocenters. The van der Waals surface area contributed by atoms with E-state index in [4.69, 9.17) is 4.42 Å². The van der Waals surface area contributed by atoms with E-state index in [1.165, 1.54) is 31.3 Å². The summed E-state index contributed by atoms with van der Waals surface area (Å²) in [6.07, 6.45) is 1.37. The first-order chi connectivity index (χ1) is 12.6. The van der Waals surface area contributed by atoms with Crippen LogP contribution in [0.1, 0.15) is 23.7 Å². The summed E-state index contributed by atoms with van der Waals surface area (Å²) in [4.78, 5) is 12.6. The van der Waals surface area contributed by atoms with Gasteiger partial charge in [0.15, 0.2) is 5.78 Å². The van der Waals surface area contributed by atoms with Crippen molar-refractivity contribution in [3.63, 3.8) is 0 Å². The quantitative estimate of drug-likeness (QED) is 0.510. The van der Waals surface area contributed by atoms with Gasteiger partial charge in [0.25, 0.3) is 0 Å². The first-order valence-electron chi connectivity index (χ1n) is 8.12. The monoisotopic (exact) mass is 453 g/mol. The number of carbonyl (C=O) groups is 1. The van der Waals surface area contributed by atoms with E-state index in [2.05, 4.69) is 15.9 Å². The van der Waals surface area contributed by atoms with E-state index in [1.807, 2.05) is 0 Å². The standard InChI is InChI=1S/C19H17BrFNO4S/c1-4-16(23)18-13-9-14(20)15(22(2)27(3,24)25)10-17(13)26-19(18)11-5-7-12(21)8-6-11/h5-10H,4H2,1-3H3. The van der Waals surface area contributed by atoms with Crippen LogP contribution in [0.25, 0.3) is 22.3 Å². The summed E-state index contributed by atoms with van der Waals surface area (Å²) in [5.41, 5.74) is 1.73. The lowest BCUT2D eigenvalue weighted by Crippen LogP contribution is -2.25. The molecule has 0 bridgehead atoms. The molecule has 5 nitrogen and oxygen atoms in total. The summed E-state index contributed by atoms with van der Waals surface area (Å²) in [7, 11) is -2.04. The third-order valence-corrected chi connectivity index (χ3v) is 6.13. The van der Waals surface area contributed by atoms with Crippen molar-refractivity contribution >= 4 is 48.4 Å². The average Bonchev–Trinajstić information content (AvgIpc) is 2.97. The van der Waals surface area contributed by atoms with E-state index in [0.29, 0.717) is 38.0 Å². The number of carbonyl (C=O) groups excluding carboxylic acids is 1. The number of hydrogen-bond acceptors (Lipinski definition) is 4. The highest BCUT2D eigenvalue weighted by molar-refractivity contribution is 9.10. The van der Waals surface area contributed by atoms with Crippen molar-refractivity contribution in [2.45, 2.75) is 13.3 Å². The van der Waals surface area contributed by atoms with Crippen molar-refractivity contribution in [1.82, 2.24) is 0 Å². The van der Waals surface area contributed by atoms with E-state index < -0.39 is 15.8 Å². The van der Waals surface area contributed by atoms with Crippen molar-refractivity contribution in [3.8, 4) is 11.3 Å². The van der Waals surface area contributed by atoms with Gasteiger partial charge in [0, 0.05) is 35.0 Å². The number of Topliss-reactive ketones (excluding diaryl/α,β-unsaturated/α-hetero) is 1. The number of hydrogen-bond donors (Lipinski definition) is 0. The lowest BCUT2D eigenvalue weighted by atomic mass is 10.0. The van der Waals surface area contributed by atoms with Crippen molar-refractivity contribution in [1.29, 1.82) is 0 Å². The number of rotatable bonds is 5. The van der Waals surface area contributed by atoms with Gasteiger partial charge in [-0.3, -0.25) is 9.10 Å². The van der Waals surface area contributed by atoms with Crippen LogP contribution in [0.15, 0.2) is 45.3 Å². The fourth-order valence-corrected chi connectivity index (χ4v) is 4.02. The van der Waals surface area contributed by atoms with Gasteiger partial charge in [-0.1, -0.05) is 6.92 Å². The third-order valence-electron chi connectivity index (χ3n) is 4.30. The minimum absolute atomic E-state index is 0.121. The first-order valence-corrected chi connectivity index (χ1v) is 10.8. The highest BCUT2D eigenvalue weighted by atomic mass is 79.9. The molecule has 1 heterocycles. The molecule has 3 aromatic rings. The van der Waals surface area contributed by atoms with Crippen LogP contribution in [-0.4, -0.2) is 27.5 Å². The Morgan fingerprint density at radius 2 is 1.85 bits per heavy atom. The molecule has 0 fully saturated rings. The summed E-state index contributed by atoms with van der Waals surface area (Å²) < 4.78 is 44.6. The lowest BCUT2D eigenvalue weighted by molar-refractivity contribution is 0.0989. The van der Waals surface area contributed by atoms with Crippen molar-refractivity contribution in [2.24, 2.45) is 0 Å². The predicted octanol–water partition coefficient (Wildman–Crippen LogP) is 4.99. The maximum atomic E-state index is 13.3. The largest absolute Gasteiger partial charge is 0.455 e. The molecule has 0 aliphatic rings. The molecule has 142 valence electrons. The summed E-state index contributed by atoms with van der Waals surface area (Å²) in [5, 5.41) is 0.568. The van der Waals surface area contributed by atoms with Gasteiger partial charge < -0.3 is 4.42 Å². The highest BCUT2D eigenvalue weighted by Crippen LogP contribution is 2.39. The maximum Gasteiger partial charge on any atom is 0.232 e. The van der Waals surface area contributed by atoms with Gasteiger partial charge in [0.05, 0.1) is 17.5 Å². The molecule has 0 aliphatic carbocycles. The molecule has 0 saturated carbocycles. The zero-order valence-corrected chi connectivity index (χ0v) is 17.3. The normalized spacial score (nSPS) is 11.7. The Morgan fingerprint density at radius 1 is 1.22 bits per heavy atom.